The SMILES string of the molecule is O=[N+]([O-])c1cc(S(=O)O)ccc1SSc1ccc(S(=O)O)cc1[N+](=O)[O-]. The first-order chi connectivity index (χ1) is 12.2. The first kappa shape index (κ1) is 20.5. The summed E-state index contributed by atoms with van der Waals surface area (Å²) in [4.78, 5) is 20.8. The summed E-state index contributed by atoms with van der Waals surface area (Å²) in [6.45, 7) is 0. The minimum absolute atomic E-state index is 0.123. The molecule has 0 saturated heterocycles. The molecule has 14 heteroatoms. The number of nitrogens with zero attached hydrogens (tertiary/aromatic N) is 2. The molecule has 10 nitrogen and oxygen atoms in total. The molecule has 0 heterocycles. The fourth-order valence-corrected chi connectivity index (χ4v) is 4.77. The lowest BCUT2D eigenvalue weighted by Gasteiger charge is -2.05. The van der Waals surface area contributed by atoms with Gasteiger partial charge in [0.25, 0.3) is 11.4 Å². The van der Waals surface area contributed by atoms with Crippen LogP contribution in [0.4, 0.5) is 11.4 Å². The second kappa shape index (κ2) is 8.70. The van der Waals surface area contributed by atoms with Gasteiger partial charge in [-0.25, -0.2) is 8.42 Å². The third kappa shape index (κ3) is 4.87. The molecule has 0 spiro atoms. The van der Waals surface area contributed by atoms with E-state index in [1.807, 2.05) is 0 Å². The zero-order chi connectivity index (χ0) is 19.4. The normalized spacial score (nSPS) is 13.2. The lowest BCUT2D eigenvalue weighted by molar-refractivity contribution is -0.388. The van der Waals surface area contributed by atoms with E-state index in [1.54, 1.807) is 0 Å². The van der Waals surface area contributed by atoms with E-state index in [1.165, 1.54) is 24.3 Å². The molecule has 26 heavy (non-hydrogen) atoms. The van der Waals surface area contributed by atoms with Crippen molar-refractivity contribution in [3.63, 3.8) is 0 Å². The van der Waals surface area contributed by atoms with Crippen molar-refractivity contribution >= 4 is 55.1 Å². The predicted octanol–water partition coefficient (Wildman–Crippen LogP) is 3.46. The first-order valence-electron chi connectivity index (χ1n) is 6.34. The summed E-state index contributed by atoms with van der Waals surface area (Å²) >= 11 is -4.77. The molecular formula is C12H8N2O8S4. The lowest BCUT2D eigenvalue weighted by atomic mass is 10.3. The molecule has 0 radical (unpaired) electrons. The number of nitro groups is 2. The maximum Gasteiger partial charge on any atom is 0.285 e. The van der Waals surface area contributed by atoms with E-state index < -0.39 is 43.4 Å². The zero-order valence-corrected chi connectivity index (χ0v) is 15.6. The van der Waals surface area contributed by atoms with Gasteiger partial charge in [-0.2, -0.15) is 0 Å². The Kier molecular flexibility index (Phi) is 6.85. The Morgan fingerprint density at radius 1 is 0.769 bits per heavy atom. The monoisotopic (exact) mass is 436 g/mol. The molecule has 2 aromatic carbocycles. The van der Waals surface area contributed by atoms with Crippen LogP contribution in [0.5, 0.6) is 0 Å². The van der Waals surface area contributed by atoms with E-state index in [-0.39, 0.29) is 19.6 Å². The third-order valence-corrected chi connectivity index (χ3v) is 6.65. The van der Waals surface area contributed by atoms with Gasteiger partial charge in [-0.1, -0.05) is 0 Å². The molecule has 0 aliphatic carbocycles. The molecule has 2 rings (SSSR count). The summed E-state index contributed by atoms with van der Waals surface area (Å²) in [5.41, 5.74) is -0.837. The van der Waals surface area contributed by atoms with E-state index >= 15 is 0 Å². The Morgan fingerprint density at radius 3 is 1.38 bits per heavy atom. The molecule has 0 aliphatic rings. The van der Waals surface area contributed by atoms with Gasteiger partial charge in [-0.15, -0.1) is 0 Å². The van der Waals surface area contributed by atoms with E-state index in [2.05, 4.69) is 0 Å². The van der Waals surface area contributed by atoms with Crippen LogP contribution in [0.2, 0.25) is 0 Å². The Morgan fingerprint density at radius 2 is 1.12 bits per heavy atom. The number of hydrogen-bond acceptors (Lipinski definition) is 8. The van der Waals surface area contributed by atoms with Gasteiger partial charge in [0.15, 0.2) is 22.2 Å². The van der Waals surface area contributed by atoms with Gasteiger partial charge in [0.2, 0.25) is 0 Å². The van der Waals surface area contributed by atoms with Gasteiger partial charge in [-0.05, 0) is 45.9 Å². The summed E-state index contributed by atoms with van der Waals surface area (Å²) in [5, 5.41) is 22.3. The minimum atomic E-state index is -2.38. The molecule has 2 aromatic rings. The topological polar surface area (TPSA) is 161 Å². The van der Waals surface area contributed by atoms with Gasteiger partial charge in [0.1, 0.15) is 0 Å². The predicted molar refractivity (Wildman–Crippen MR) is 96.0 cm³/mol. The van der Waals surface area contributed by atoms with Gasteiger partial charge < -0.3 is 9.11 Å². The fraction of sp³-hybridized carbons (Fsp3) is 0. The molecule has 2 atom stereocenters. The van der Waals surface area contributed by atoms with E-state index in [9.17, 15) is 28.6 Å². The molecule has 2 N–H and O–H groups in total. The van der Waals surface area contributed by atoms with Crippen molar-refractivity contribution in [3.8, 4) is 0 Å². The second-order valence-electron chi connectivity index (χ2n) is 4.44. The standard InChI is InChI=1S/C12H8N2O8S4/c15-13(16)9-5-7(25(19)20)1-3-11(9)23-24-12-4-2-8(26(21)22)6-10(12)14(17)18/h1-6H,(H,19,20)(H,21,22). The van der Waals surface area contributed by atoms with Crippen LogP contribution >= 0.6 is 21.6 Å². The Balaban J connectivity index is 2.34. The number of nitro benzene ring substituents is 2. The van der Waals surface area contributed by atoms with Crippen molar-refractivity contribution in [2.75, 3.05) is 0 Å². The van der Waals surface area contributed by atoms with Crippen LogP contribution in [-0.4, -0.2) is 27.4 Å². The van der Waals surface area contributed by atoms with E-state index in [0.29, 0.717) is 0 Å². The molecule has 0 amide bonds. The summed E-state index contributed by atoms with van der Waals surface area (Å²) in [7, 11) is 1.69. The lowest BCUT2D eigenvalue weighted by Crippen LogP contribution is -1.95. The Bertz CT molecular complexity index is 860. The second-order valence-corrected chi connectivity index (χ2v) is 8.59. The highest BCUT2D eigenvalue weighted by atomic mass is 33.1. The molecule has 0 aliphatic heterocycles. The average Bonchev–Trinajstić information content (AvgIpc) is 2.59. The largest absolute Gasteiger partial charge is 0.302 e. The van der Waals surface area contributed by atoms with Crippen molar-refractivity contribution in [2.24, 2.45) is 0 Å². The third-order valence-electron chi connectivity index (χ3n) is 2.88. The first-order valence-corrected chi connectivity index (χ1v) is 10.7. The van der Waals surface area contributed by atoms with Crippen LogP contribution in [-0.2, 0) is 22.2 Å². The summed E-state index contributed by atoms with van der Waals surface area (Å²) in [6, 6.07) is 6.90. The van der Waals surface area contributed by atoms with E-state index in [4.69, 9.17) is 9.11 Å². The summed E-state index contributed by atoms with van der Waals surface area (Å²) in [5.74, 6) is 0. The number of hydrogen-bond donors (Lipinski definition) is 2. The minimum Gasteiger partial charge on any atom is -0.302 e. The van der Waals surface area contributed by atoms with Gasteiger partial charge >= 0.3 is 0 Å². The highest BCUT2D eigenvalue weighted by molar-refractivity contribution is 8.76. The van der Waals surface area contributed by atoms with Crippen molar-refractivity contribution in [1.29, 1.82) is 0 Å². The number of benzene rings is 2. The van der Waals surface area contributed by atoms with Crippen LogP contribution in [0.25, 0.3) is 0 Å². The fourth-order valence-electron chi connectivity index (χ4n) is 1.73. The molecule has 0 bridgehead atoms. The van der Waals surface area contributed by atoms with Crippen LogP contribution < -0.4 is 0 Å². The maximum absolute atomic E-state index is 11.1. The molecule has 0 saturated carbocycles. The smallest absolute Gasteiger partial charge is 0.285 e. The Hall–Kier alpha value is -1.84. The molecular weight excluding hydrogens is 428 g/mol. The quantitative estimate of drug-likeness (QED) is 0.284. The Labute approximate surface area is 158 Å². The van der Waals surface area contributed by atoms with Gasteiger partial charge in [0, 0.05) is 12.1 Å². The van der Waals surface area contributed by atoms with E-state index in [0.717, 1.165) is 33.7 Å². The zero-order valence-electron chi connectivity index (χ0n) is 12.3. The van der Waals surface area contributed by atoms with Crippen LogP contribution in [0.1, 0.15) is 0 Å². The summed E-state index contributed by atoms with van der Waals surface area (Å²) in [6.07, 6.45) is 0. The molecule has 0 fully saturated rings. The molecule has 0 aromatic heterocycles. The average molecular weight is 436 g/mol. The van der Waals surface area contributed by atoms with Crippen LogP contribution in [0.3, 0.4) is 0 Å². The van der Waals surface area contributed by atoms with Gasteiger partial charge in [-0.3, -0.25) is 20.2 Å². The highest BCUT2D eigenvalue weighted by Gasteiger charge is 2.21. The van der Waals surface area contributed by atoms with Crippen LogP contribution in [0.15, 0.2) is 56.0 Å². The maximum atomic E-state index is 11.1. The van der Waals surface area contributed by atoms with Crippen molar-refractivity contribution in [2.45, 2.75) is 19.6 Å². The summed E-state index contributed by atoms with van der Waals surface area (Å²) < 4.78 is 40.1. The number of rotatable bonds is 7. The highest BCUT2D eigenvalue weighted by Crippen LogP contribution is 2.45. The molecule has 2 unspecified atom stereocenters. The van der Waals surface area contributed by atoms with Crippen molar-refractivity contribution < 1.29 is 27.4 Å². The van der Waals surface area contributed by atoms with Gasteiger partial charge in [0.05, 0.1) is 29.4 Å². The van der Waals surface area contributed by atoms with Crippen molar-refractivity contribution in [1.82, 2.24) is 0 Å². The van der Waals surface area contributed by atoms with Crippen LogP contribution in [0, 0.1) is 20.2 Å². The van der Waals surface area contributed by atoms with Crippen molar-refractivity contribution in [3.05, 3.63) is 56.6 Å². The molecule has 138 valence electrons.